The van der Waals surface area contributed by atoms with Crippen LogP contribution in [0.4, 0.5) is 5.69 Å². The number of unbranched alkanes of at least 4 members (excludes halogenated alkanes) is 3. The van der Waals surface area contributed by atoms with Crippen LogP contribution in [0.5, 0.6) is 5.75 Å². The van der Waals surface area contributed by atoms with E-state index in [-0.39, 0.29) is 6.23 Å². The first-order chi connectivity index (χ1) is 11.5. The molecule has 1 aromatic carbocycles. The predicted octanol–water partition coefficient (Wildman–Crippen LogP) is 4.61. The predicted molar refractivity (Wildman–Crippen MR) is 106 cm³/mol. The number of benzene rings is 1. The third-order valence-corrected chi connectivity index (χ3v) is 4.40. The highest BCUT2D eigenvalue weighted by atomic mass is 32.1. The standard InChI is InChI=1S/C19H32N2O2S/c1-5-8-9-10-13-22-18-14-16(20)11-12-17(18)19(24)23-15(4)21(6-2)7-3/h11-12,14-15H,5-10,13,20H2,1-4H3. The number of nitrogen functional groups attached to an aromatic ring is 1. The van der Waals surface area contributed by atoms with Crippen LogP contribution in [-0.4, -0.2) is 35.9 Å². The van der Waals surface area contributed by atoms with Gasteiger partial charge in [-0.1, -0.05) is 40.0 Å². The van der Waals surface area contributed by atoms with E-state index in [1.807, 2.05) is 25.1 Å². The number of nitrogens with two attached hydrogens (primary N) is 1. The topological polar surface area (TPSA) is 47.7 Å². The molecule has 0 saturated carbocycles. The van der Waals surface area contributed by atoms with E-state index >= 15 is 0 Å². The summed E-state index contributed by atoms with van der Waals surface area (Å²) in [7, 11) is 0. The van der Waals surface area contributed by atoms with Crippen molar-refractivity contribution in [1.29, 1.82) is 0 Å². The van der Waals surface area contributed by atoms with Gasteiger partial charge in [-0.2, -0.15) is 0 Å². The van der Waals surface area contributed by atoms with Crippen molar-refractivity contribution in [3.63, 3.8) is 0 Å². The molecule has 1 unspecified atom stereocenters. The zero-order valence-corrected chi connectivity index (χ0v) is 16.3. The Balaban J connectivity index is 2.73. The summed E-state index contributed by atoms with van der Waals surface area (Å²) < 4.78 is 11.9. The van der Waals surface area contributed by atoms with Gasteiger partial charge in [0.1, 0.15) is 5.75 Å². The molecule has 24 heavy (non-hydrogen) atoms. The summed E-state index contributed by atoms with van der Waals surface area (Å²) in [5, 5.41) is 0.456. The summed E-state index contributed by atoms with van der Waals surface area (Å²) in [6.07, 6.45) is 4.59. The van der Waals surface area contributed by atoms with E-state index in [0.717, 1.165) is 25.1 Å². The van der Waals surface area contributed by atoms with Crippen LogP contribution < -0.4 is 10.5 Å². The maximum absolute atomic E-state index is 5.94. The maximum Gasteiger partial charge on any atom is 0.197 e. The molecule has 136 valence electrons. The van der Waals surface area contributed by atoms with Crippen LogP contribution in [0.25, 0.3) is 0 Å². The third-order valence-electron chi connectivity index (χ3n) is 4.09. The van der Waals surface area contributed by atoms with Gasteiger partial charge in [-0.3, -0.25) is 4.90 Å². The molecule has 0 aliphatic carbocycles. The average Bonchev–Trinajstić information content (AvgIpc) is 2.55. The quantitative estimate of drug-likeness (QED) is 0.273. The lowest BCUT2D eigenvalue weighted by Crippen LogP contribution is -2.36. The first-order valence-electron chi connectivity index (χ1n) is 9.00. The number of rotatable bonds is 11. The maximum atomic E-state index is 5.94. The number of nitrogens with zero attached hydrogens (tertiary/aromatic N) is 1. The summed E-state index contributed by atoms with van der Waals surface area (Å²) in [5.41, 5.74) is 7.37. The number of anilines is 1. The fraction of sp³-hybridized carbons (Fsp3) is 0.632. The monoisotopic (exact) mass is 352 g/mol. The second-order valence-electron chi connectivity index (χ2n) is 5.89. The molecule has 5 heteroatoms. The lowest BCUT2D eigenvalue weighted by atomic mass is 10.2. The van der Waals surface area contributed by atoms with Gasteiger partial charge in [-0.25, -0.2) is 0 Å². The van der Waals surface area contributed by atoms with Gasteiger partial charge in [0.2, 0.25) is 0 Å². The van der Waals surface area contributed by atoms with Gasteiger partial charge in [-0.15, -0.1) is 0 Å². The fourth-order valence-electron chi connectivity index (χ4n) is 2.57. The first-order valence-corrected chi connectivity index (χ1v) is 9.41. The Bertz CT molecular complexity index is 504. The fourth-order valence-corrected chi connectivity index (χ4v) is 2.88. The molecule has 0 spiro atoms. The van der Waals surface area contributed by atoms with Gasteiger partial charge < -0.3 is 15.2 Å². The second-order valence-corrected chi connectivity index (χ2v) is 6.26. The van der Waals surface area contributed by atoms with E-state index in [2.05, 4.69) is 25.7 Å². The van der Waals surface area contributed by atoms with Gasteiger partial charge >= 0.3 is 0 Å². The zero-order chi connectivity index (χ0) is 17.9. The summed E-state index contributed by atoms with van der Waals surface area (Å²) >= 11 is 5.49. The summed E-state index contributed by atoms with van der Waals surface area (Å²) in [5.74, 6) is 0.711. The Kier molecular flexibility index (Phi) is 9.72. The highest BCUT2D eigenvalue weighted by Gasteiger charge is 2.17. The van der Waals surface area contributed by atoms with Gasteiger partial charge in [0, 0.05) is 11.8 Å². The Labute approximate surface area is 152 Å². The Morgan fingerprint density at radius 1 is 1.17 bits per heavy atom. The molecule has 0 saturated heterocycles. The van der Waals surface area contributed by atoms with Crippen LogP contribution in [0, 0.1) is 0 Å². The van der Waals surface area contributed by atoms with Crippen molar-refractivity contribution in [2.45, 2.75) is 59.6 Å². The van der Waals surface area contributed by atoms with Crippen LogP contribution in [-0.2, 0) is 4.74 Å². The van der Waals surface area contributed by atoms with Gasteiger partial charge in [0.25, 0.3) is 0 Å². The summed E-state index contributed by atoms with van der Waals surface area (Å²) in [6.45, 7) is 10.9. The van der Waals surface area contributed by atoms with Crippen molar-refractivity contribution in [2.75, 3.05) is 25.4 Å². The number of hydrogen-bond acceptors (Lipinski definition) is 5. The lowest BCUT2D eigenvalue weighted by molar-refractivity contribution is 0.0414. The minimum absolute atomic E-state index is 0.0672. The second kappa shape index (κ2) is 11.3. The molecule has 0 amide bonds. The Morgan fingerprint density at radius 3 is 2.50 bits per heavy atom. The highest BCUT2D eigenvalue weighted by Crippen LogP contribution is 2.24. The molecular weight excluding hydrogens is 320 g/mol. The largest absolute Gasteiger partial charge is 0.493 e. The lowest BCUT2D eigenvalue weighted by Gasteiger charge is -2.27. The molecule has 4 nitrogen and oxygen atoms in total. The van der Waals surface area contributed by atoms with Crippen LogP contribution in [0.15, 0.2) is 18.2 Å². The molecule has 2 N–H and O–H groups in total. The molecule has 0 heterocycles. The molecule has 0 radical (unpaired) electrons. The van der Waals surface area contributed by atoms with E-state index in [9.17, 15) is 0 Å². The summed E-state index contributed by atoms with van der Waals surface area (Å²) in [6, 6.07) is 5.54. The molecule has 0 aliphatic heterocycles. The van der Waals surface area contributed by atoms with E-state index in [0.29, 0.717) is 23.1 Å². The smallest absolute Gasteiger partial charge is 0.197 e. The van der Waals surface area contributed by atoms with Gasteiger partial charge in [-0.05, 0) is 50.8 Å². The SMILES string of the molecule is CCCCCCOc1cc(N)ccc1C(=S)OC(C)N(CC)CC. The van der Waals surface area contributed by atoms with E-state index in [1.54, 1.807) is 0 Å². The van der Waals surface area contributed by atoms with E-state index < -0.39 is 0 Å². The van der Waals surface area contributed by atoms with Crippen molar-refractivity contribution in [3.8, 4) is 5.75 Å². The van der Waals surface area contributed by atoms with Crippen molar-refractivity contribution in [3.05, 3.63) is 23.8 Å². The zero-order valence-electron chi connectivity index (χ0n) is 15.5. The molecule has 1 rings (SSSR count). The van der Waals surface area contributed by atoms with Crippen molar-refractivity contribution in [2.24, 2.45) is 0 Å². The van der Waals surface area contributed by atoms with Crippen molar-refractivity contribution < 1.29 is 9.47 Å². The molecule has 0 bridgehead atoms. The number of ether oxygens (including phenoxy) is 2. The van der Waals surface area contributed by atoms with Crippen LogP contribution in [0.2, 0.25) is 0 Å². The molecule has 1 atom stereocenters. The van der Waals surface area contributed by atoms with Gasteiger partial charge in [0.15, 0.2) is 11.3 Å². The molecular formula is C19H32N2O2S. The highest BCUT2D eigenvalue weighted by molar-refractivity contribution is 7.80. The normalized spacial score (nSPS) is 12.2. The Morgan fingerprint density at radius 2 is 1.88 bits per heavy atom. The number of thiocarbonyl (C=S) groups is 1. The van der Waals surface area contributed by atoms with Crippen molar-refractivity contribution >= 4 is 23.0 Å². The van der Waals surface area contributed by atoms with E-state index in [4.69, 9.17) is 27.4 Å². The first kappa shape index (κ1) is 20.7. The summed E-state index contributed by atoms with van der Waals surface area (Å²) in [4.78, 5) is 2.20. The van der Waals surface area contributed by atoms with E-state index in [1.165, 1.54) is 19.3 Å². The van der Waals surface area contributed by atoms with Crippen LogP contribution in [0.3, 0.4) is 0 Å². The molecule has 0 aliphatic rings. The van der Waals surface area contributed by atoms with Crippen LogP contribution in [0.1, 0.15) is 58.9 Å². The average molecular weight is 353 g/mol. The minimum Gasteiger partial charge on any atom is -0.493 e. The Hall–Kier alpha value is -1.33. The van der Waals surface area contributed by atoms with Gasteiger partial charge in [0.05, 0.1) is 12.2 Å². The van der Waals surface area contributed by atoms with Crippen molar-refractivity contribution in [1.82, 2.24) is 4.90 Å². The van der Waals surface area contributed by atoms with Crippen LogP contribution >= 0.6 is 12.2 Å². The molecule has 1 aromatic rings. The minimum atomic E-state index is -0.0672. The third kappa shape index (κ3) is 6.65. The number of hydrogen-bond donors (Lipinski definition) is 1. The molecule has 0 fully saturated rings. The molecule has 0 aromatic heterocycles.